The number of rotatable bonds is 7. The molecule has 2 aromatic rings. The molecule has 2 amide bonds. The third-order valence-electron chi connectivity index (χ3n) is 5.15. The zero-order chi connectivity index (χ0) is 22.4. The molecule has 0 spiro atoms. The van der Waals surface area contributed by atoms with Crippen molar-refractivity contribution in [3.8, 4) is 0 Å². The number of nitrogens with one attached hydrogen (secondary N) is 2. The third kappa shape index (κ3) is 6.06. The topological polar surface area (TPSA) is 95.6 Å². The van der Waals surface area contributed by atoms with Crippen LogP contribution in [0.3, 0.4) is 0 Å². The summed E-state index contributed by atoms with van der Waals surface area (Å²) in [4.78, 5) is 24.6. The largest absolute Gasteiger partial charge is 0.352 e. The predicted molar refractivity (Wildman–Crippen MR) is 121 cm³/mol. The lowest BCUT2D eigenvalue weighted by atomic mass is 10.2. The van der Waals surface area contributed by atoms with Gasteiger partial charge in [-0.15, -0.1) is 0 Å². The van der Waals surface area contributed by atoms with Crippen molar-refractivity contribution < 1.29 is 18.0 Å². The van der Waals surface area contributed by atoms with Crippen LogP contribution in [0, 0.1) is 6.92 Å². The standard InChI is InChI=1S/C22H26ClN3O4S/c1-16-5-10-19(15-20(16)31(29,30)26-13-3-2-4-14-26)25-21(27)11-12-24-22(28)17-6-8-18(23)9-7-17/h5-10,15H,2-4,11-14H2,1H3,(H,24,28)(H,25,27). The number of carbonyl (C=O) groups excluding carboxylic acids is 2. The average molecular weight is 464 g/mol. The second kappa shape index (κ2) is 10.3. The molecule has 31 heavy (non-hydrogen) atoms. The van der Waals surface area contributed by atoms with Crippen LogP contribution in [0.1, 0.15) is 41.6 Å². The van der Waals surface area contributed by atoms with E-state index in [9.17, 15) is 18.0 Å². The van der Waals surface area contributed by atoms with Gasteiger partial charge in [-0.2, -0.15) is 4.31 Å². The molecule has 0 aromatic heterocycles. The Hall–Kier alpha value is -2.42. The van der Waals surface area contributed by atoms with Gasteiger partial charge in [0, 0.05) is 42.3 Å². The summed E-state index contributed by atoms with van der Waals surface area (Å²) >= 11 is 5.81. The summed E-state index contributed by atoms with van der Waals surface area (Å²) in [6, 6.07) is 11.3. The number of hydrogen-bond acceptors (Lipinski definition) is 4. The van der Waals surface area contributed by atoms with E-state index in [1.165, 1.54) is 10.4 Å². The third-order valence-corrected chi connectivity index (χ3v) is 7.44. The van der Waals surface area contributed by atoms with Gasteiger partial charge in [0.2, 0.25) is 15.9 Å². The second-order valence-electron chi connectivity index (χ2n) is 7.51. The fraction of sp³-hybridized carbons (Fsp3) is 0.364. The minimum Gasteiger partial charge on any atom is -0.352 e. The Labute approximate surface area is 187 Å². The normalized spacial score (nSPS) is 14.8. The van der Waals surface area contributed by atoms with Gasteiger partial charge in [-0.25, -0.2) is 8.42 Å². The minimum absolute atomic E-state index is 0.0570. The van der Waals surface area contributed by atoms with Crippen molar-refractivity contribution in [3.05, 3.63) is 58.6 Å². The van der Waals surface area contributed by atoms with E-state index in [4.69, 9.17) is 11.6 Å². The number of benzene rings is 2. The highest BCUT2D eigenvalue weighted by atomic mass is 35.5. The first-order valence-electron chi connectivity index (χ1n) is 10.2. The summed E-state index contributed by atoms with van der Waals surface area (Å²) < 4.78 is 27.5. The van der Waals surface area contributed by atoms with Crippen molar-refractivity contribution in [1.82, 2.24) is 9.62 Å². The lowest BCUT2D eigenvalue weighted by Gasteiger charge is -2.26. The first-order chi connectivity index (χ1) is 14.8. The van der Waals surface area contributed by atoms with E-state index in [1.807, 2.05) is 0 Å². The Morgan fingerprint density at radius 2 is 1.71 bits per heavy atom. The first-order valence-corrected chi connectivity index (χ1v) is 12.0. The fourth-order valence-electron chi connectivity index (χ4n) is 3.42. The molecule has 1 fully saturated rings. The molecule has 0 aliphatic carbocycles. The molecule has 0 saturated carbocycles. The van der Waals surface area contributed by atoms with Crippen molar-refractivity contribution >= 4 is 39.1 Å². The molecule has 3 rings (SSSR count). The molecule has 9 heteroatoms. The lowest BCUT2D eigenvalue weighted by Crippen LogP contribution is -2.36. The van der Waals surface area contributed by atoms with Crippen molar-refractivity contribution in [2.75, 3.05) is 25.0 Å². The van der Waals surface area contributed by atoms with Crippen LogP contribution in [-0.4, -0.2) is 44.2 Å². The van der Waals surface area contributed by atoms with E-state index in [-0.39, 0.29) is 29.7 Å². The molecule has 0 bridgehead atoms. The predicted octanol–water partition coefficient (Wildman–Crippen LogP) is 3.58. The quantitative estimate of drug-likeness (QED) is 0.656. The van der Waals surface area contributed by atoms with Crippen LogP contribution in [0.15, 0.2) is 47.4 Å². The van der Waals surface area contributed by atoms with Gasteiger partial charge in [0.05, 0.1) is 4.90 Å². The summed E-state index contributed by atoms with van der Waals surface area (Å²) in [5.74, 6) is -0.615. The molecular weight excluding hydrogens is 438 g/mol. The Morgan fingerprint density at radius 3 is 2.39 bits per heavy atom. The number of anilines is 1. The number of aryl methyl sites for hydroxylation is 1. The van der Waals surface area contributed by atoms with E-state index in [0.717, 1.165) is 19.3 Å². The fourth-order valence-corrected chi connectivity index (χ4v) is 5.31. The van der Waals surface area contributed by atoms with Gasteiger partial charge in [-0.1, -0.05) is 24.1 Å². The van der Waals surface area contributed by atoms with Crippen LogP contribution in [0.4, 0.5) is 5.69 Å². The number of piperidine rings is 1. The van der Waals surface area contributed by atoms with Gasteiger partial charge in [0.1, 0.15) is 0 Å². The van der Waals surface area contributed by atoms with Gasteiger partial charge in [0.15, 0.2) is 0 Å². The Bertz CT molecular complexity index is 1050. The lowest BCUT2D eigenvalue weighted by molar-refractivity contribution is -0.116. The van der Waals surface area contributed by atoms with E-state index >= 15 is 0 Å². The second-order valence-corrected chi connectivity index (χ2v) is 9.85. The molecule has 2 N–H and O–H groups in total. The highest BCUT2D eigenvalue weighted by molar-refractivity contribution is 7.89. The number of hydrogen-bond donors (Lipinski definition) is 2. The van der Waals surface area contributed by atoms with Crippen LogP contribution < -0.4 is 10.6 Å². The molecule has 1 heterocycles. The summed E-state index contributed by atoms with van der Waals surface area (Å²) in [7, 11) is -3.60. The number of halogens is 1. The van der Waals surface area contributed by atoms with E-state index in [1.54, 1.807) is 43.3 Å². The highest BCUT2D eigenvalue weighted by Crippen LogP contribution is 2.26. The monoisotopic (exact) mass is 463 g/mol. The van der Waals surface area contributed by atoms with Crippen LogP contribution in [-0.2, 0) is 14.8 Å². The van der Waals surface area contributed by atoms with Crippen LogP contribution >= 0.6 is 11.6 Å². The molecule has 0 atom stereocenters. The summed E-state index contributed by atoms with van der Waals surface area (Å²) in [6.45, 7) is 2.93. The summed E-state index contributed by atoms with van der Waals surface area (Å²) in [6.07, 6.45) is 2.81. The first kappa shape index (κ1) is 23.2. The summed E-state index contributed by atoms with van der Waals surface area (Å²) in [5.41, 5.74) is 1.50. The molecule has 2 aromatic carbocycles. The van der Waals surface area contributed by atoms with Gasteiger partial charge >= 0.3 is 0 Å². The van der Waals surface area contributed by atoms with Crippen molar-refractivity contribution in [3.63, 3.8) is 0 Å². The van der Waals surface area contributed by atoms with Crippen molar-refractivity contribution in [2.45, 2.75) is 37.5 Å². The molecule has 0 unspecified atom stereocenters. The van der Waals surface area contributed by atoms with Crippen molar-refractivity contribution in [2.24, 2.45) is 0 Å². The highest BCUT2D eigenvalue weighted by Gasteiger charge is 2.27. The Morgan fingerprint density at radius 1 is 1.03 bits per heavy atom. The number of sulfonamides is 1. The number of nitrogens with zero attached hydrogens (tertiary/aromatic N) is 1. The molecule has 0 radical (unpaired) electrons. The van der Waals surface area contributed by atoms with Crippen LogP contribution in [0.5, 0.6) is 0 Å². The SMILES string of the molecule is Cc1ccc(NC(=O)CCNC(=O)c2ccc(Cl)cc2)cc1S(=O)(=O)N1CCCCC1. The summed E-state index contributed by atoms with van der Waals surface area (Å²) in [5, 5.41) is 5.93. The Kier molecular flexibility index (Phi) is 7.69. The maximum Gasteiger partial charge on any atom is 0.251 e. The van der Waals surface area contributed by atoms with Gasteiger partial charge in [-0.05, 0) is 61.7 Å². The molecule has 1 saturated heterocycles. The van der Waals surface area contributed by atoms with Crippen LogP contribution in [0.2, 0.25) is 5.02 Å². The minimum atomic E-state index is -3.60. The van der Waals surface area contributed by atoms with Crippen LogP contribution in [0.25, 0.3) is 0 Å². The molecule has 1 aliphatic rings. The van der Waals surface area contributed by atoms with E-state index in [2.05, 4.69) is 10.6 Å². The number of carbonyl (C=O) groups is 2. The number of amides is 2. The zero-order valence-electron chi connectivity index (χ0n) is 17.4. The Balaban J connectivity index is 1.58. The van der Waals surface area contributed by atoms with E-state index < -0.39 is 10.0 Å². The molecule has 1 aliphatic heterocycles. The smallest absolute Gasteiger partial charge is 0.251 e. The van der Waals surface area contributed by atoms with Gasteiger partial charge < -0.3 is 10.6 Å². The van der Waals surface area contributed by atoms with Crippen molar-refractivity contribution in [1.29, 1.82) is 0 Å². The molecule has 7 nitrogen and oxygen atoms in total. The maximum atomic E-state index is 13.0. The van der Waals surface area contributed by atoms with E-state index in [0.29, 0.717) is 34.9 Å². The van der Waals surface area contributed by atoms with Gasteiger partial charge in [0.25, 0.3) is 5.91 Å². The zero-order valence-corrected chi connectivity index (χ0v) is 18.9. The maximum absolute atomic E-state index is 13.0. The molecule has 166 valence electrons. The van der Waals surface area contributed by atoms with Gasteiger partial charge in [-0.3, -0.25) is 9.59 Å². The molecular formula is C22H26ClN3O4S. The average Bonchev–Trinajstić information content (AvgIpc) is 2.76.